The molecule has 0 fully saturated rings. The number of nitrogen functional groups attached to an aromatic ring is 1. The third kappa shape index (κ3) is 2.31. The molecule has 0 radical (unpaired) electrons. The van der Waals surface area contributed by atoms with Crippen molar-refractivity contribution in [2.24, 2.45) is 0 Å². The van der Waals surface area contributed by atoms with E-state index in [4.69, 9.17) is 5.73 Å². The van der Waals surface area contributed by atoms with Gasteiger partial charge in [0.2, 0.25) is 0 Å². The molecule has 1 aromatic carbocycles. The van der Waals surface area contributed by atoms with E-state index >= 15 is 0 Å². The lowest BCUT2D eigenvalue weighted by molar-refractivity contribution is 1.08. The number of para-hydroxylation sites is 2. The van der Waals surface area contributed by atoms with Gasteiger partial charge in [-0.2, -0.15) is 0 Å². The average Bonchev–Trinajstić information content (AvgIpc) is 2.81. The second-order valence-electron chi connectivity index (χ2n) is 3.94. The van der Waals surface area contributed by atoms with Crippen LogP contribution >= 0.6 is 11.8 Å². The summed E-state index contributed by atoms with van der Waals surface area (Å²) < 4.78 is 0. The smallest absolute Gasteiger partial charge is 0.166 e. The van der Waals surface area contributed by atoms with Crippen LogP contribution in [-0.4, -0.2) is 15.0 Å². The van der Waals surface area contributed by atoms with Crippen LogP contribution in [0.15, 0.2) is 47.8 Å². The maximum absolute atomic E-state index is 5.55. The lowest BCUT2D eigenvalue weighted by atomic mass is 10.3. The van der Waals surface area contributed by atoms with E-state index in [0.717, 1.165) is 27.5 Å². The van der Waals surface area contributed by atoms with Gasteiger partial charge in [0.25, 0.3) is 0 Å². The van der Waals surface area contributed by atoms with Crippen molar-refractivity contribution in [2.75, 3.05) is 5.73 Å². The van der Waals surface area contributed by atoms with Crippen molar-refractivity contribution in [3.8, 4) is 0 Å². The molecule has 0 amide bonds. The molecular weight excluding hydrogens is 244 g/mol. The third-order valence-corrected chi connectivity index (χ3v) is 3.54. The predicted molar refractivity (Wildman–Crippen MR) is 74.3 cm³/mol. The summed E-state index contributed by atoms with van der Waals surface area (Å²) in [6, 6.07) is 11.8. The number of nitrogens with one attached hydrogen (secondary N) is 1. The van der Waals surface area contributed by atoms with Crippen LogP contribution < -0.4 is 5.73 Å². The van der Waals surface area contributed by atoms with E-state index in [9.17, 15) is 0 Å². The third-order valence-electron chi connectivity index (χ3n) is 2.59. The molecule has 5 heteroatoms. The quantitative estimate of drug-likeness (QED) is 0.707. The fourth-order valence-electron chi connectivity index (χ4n) is 1.67. The molecule has 3 rings (SSSR count). The fraction of sp³-hybridized carbons (Fsp3) is 0.0769. The molecule has 4 nitrogen and oxygen atoms in total. The number of benzene rings is 1. The number of nitrogens with zero attached hydrogens (tertiary/aromatic N) is 2. The first-order valence-electron chi connectivity index (χ1n) is 5.59. The Bertz CT molecular complexity index is 627. The molecule has 0 spiro atoms. The maximum Gasteiger partial charge on any atom is 0.166 e. The van der Waals surface area contributed by atoms with Gasteiger partial charge in [-0.3, -0.25) is 0 Å². The zero-order chi connectivity index (χ0) is 12.4. The molecule has 0 atom stereocenters. The summed E-state index contributed by atoms with van der Waals surface area (Å²) in [6.45, 7) is 0. The summed E-state index contributed by atoms with van der Waals surface area (Å²) in [6.07, 6.45) is 1.80. The number of H-pyrrole nitrogens is 1. The van der Waals surface area contributed by atoms with Gasteiger partial charge >= 0.3 is 0 Å². The highest BCUT2D eigenvalue weighted by atomic mass is 32.2. The first-order chi connectivity index (χ1) is 8.81. The Morgan fingerprint density at radius 3 is 2.83 bits per heavy atom. The molecule has 3 N–H and O–H groups in total. The topological polar surface area (TPSA) is 67.6 Å². The zero-order valence-corrected chi connectivity index (χ0v) is 10.4. The molecule has 2 heterocycles. The van der Waals surface area contributed by atoms with Crippen LogP contribution in [0.25, 0.3) is 11.0 Å². The monoisotopic (exact) mass is 256 g/mol. The molecule has 0 aliphatic heterocycles. The highest BCUT2D eigenvalue weighted by molar-refractivity contribution is 7.98. The Morgan fingerprint density at radius 1 is 1.17 bits per heavy atom. The Hall–Kier alpha value is -2.01. The number of anilines is 1. The minimum atomic E-state index is 0.549. The van der Waals surface area contributed by atoms with Crippen LogP contribution in [0.3, 0.4) is 0 Å². The van der Waals surface area contributed by atoms with Crippen LogP contribution in [0.4, 0.5) is 5.82 Å². The maximum atomic E-state index is 5.55. The molecule has 0 unspecified atom stereocenters. The van der Waals surface area contributed by atoms with Crippen molar-refractivity contribution in [3.63, 3.8) is 0 Å². The van der Waals surface area contributed by atoms with E-state index in [2.05, 4.69) is 15.0 Å². The normalized spacial score (nSPS) is 10.9. The number of imidazole rings is 1. The van der Waals surface area contributed by atoms with E-state index in [1.165, 1.54) is 0 Å². The molecule has 0 aliphatic carbocycles. The van der Waals surface area contributed by atoms with E-state index in [-0.39, 0.29) is 0 Å². The molecule has 2 aromatic heterocycles. The van der Waals surface area contributed by atoms with Gasteiger partial charge < -0.3 is 10.7 Å². The Labute approximate surface area is 109 Å². The van der Waals surface area contributed by atoms with Gasteiger partial charge in [0.05, 0.1) is 11.0 Å². The second-order valence-corrected chi connectivity index (χ2v) is 4.90. The minimum absolute atomic E-state index is 0.549. The summed E-state index contributed by atoms with van der Waals surface area (Å²) in [5.41, 5.74) is 8.74. The molecule has 0 bridgehead atoms. The van der Waals surface area contributed by atoms with Crippen LogP contribution in [0.2, 0.25) is 0 Å². The summed E-state index contributed by atoms with van der Waals surface area (Å²) in [7, 11) is 0. The van der Waals surface area contributed by atoms with E-state index in [0.29, 0.717) is 5.82 Å². The molecule has 0 saturated heterocycles. The lowest BCUT2D eigenvalue weighted by Gasteiger charge is -1.98. The average molecular weight is 256 g/mol. The molecule has 90 valence electrons. The number of hydrogen-bond acceptors (Lipinski definition) is 4. The molecule has 3 aromatic rings. The lowest BCUT2D eigenvalue weighted by Crippen LogP contribution is -1.90. The fourth-order valence-corrected chi connectivity index (χ4v) is 2.49. The highest BCUT2D eigenvalue weighted by Crippen LogP contribution is 2.22. The largest absolute Gasteiger partial charge is 0.384 e. The number of rotatable bonds is 3. The Kier molecular flexibility index (Phi) is 2.90. The van der Waals surface area contributed by atoms with Gasteiger partial charge in [-0.15, -0.1) is 0 Å². The second kappa shape index (κ2) is 4.70. The first kappa shape index (κ1) is 11.1. The van der Waals surface area contributed by atoms with Crippen LogP contribution in [0.5, 0.6) is 0 Å². The number of hydrogen-bond donors (Lipinski definition) is 2. The summed E-state index contributed by atoms with van der Waals surface area (Å²) >= 11 is 1.66. The van der Waals surface area contributed by atoms with Crippen LogP contribution in [-0.2, 0) is 5.75 Å². The van der Waals surface area contributed by atoms with Crippen LogP contribution in [0.1, 0.15) is 5.56 Å². The van der Waals surface area contributed by atoms with E-state index in [1.54, 1.807) is 18.0 Å². The zero-order valence-electron chi connectivity index (χ0n) is 9.63. The highest BCUT2D eigenvalue weighted by Gasteiger charge is 2.03. The van der Waals surface area contributed by atoms with Gasteiger partial charge in [0, 0.05) is 11.9 Å². The van der Waals surface area contributed by atoms with Crippen molar-refractivity contribution in [2.45, 2.75) is 10.9 Å². The predicted octanol–water partition coefficient (Wildman–Crippen LogP) is 2.83. The molecule has 18 heavy (non-hydrogen) atoms. The number of aromatic nitrogens is 3. The van der Waals surface area contributed by atoms with Crippen molar-refractivity contribution >= 4 is 28.6 Å². The summed E-state index contributed by atoms with van der Waals surface area (Å²) in [4.78, 5) is 11.9. The number of thioether (sulfide) groups is 1. The minimum Gasteiger partial charge on any atom is -0.384 e. The number of fused-ring (bicyclic) bond motifs is 1. The van der Waals surface area contributed by atoms with Crippen molar-refractivity contribution in [1.29, 1.82) is 0 Å². The van der Waals surface area contributed by atoms with Gasteiger partial charge in [-0.1, -0.05) is 30.0 Å². The molecular formula is C13H12N4S. The van der Waals surface area contributed by atoms with Crippen molar-refractivity contribution in [3.05, 3.63) is 48.2 Å². The van der Waals surface area contributed by atoms with Crippen molar-refractivity contribution < 1.29 is 0 Å². The number of nitrogens with two attached hydrogens (primary N) is 1. The van der Waals surface area contributed by atoms with Gasteiger partial charge in [0.15, 0.2) is 5.16 Å². The van der Waals surface area contributed by atoms with Gasteiger partial charge in [-0.25, -0.2) is 9.97 Å². The van der Waals surface area contributed by atoms with E-state index < -0.39 is 0 Å². The van der Waals surface area contributed by atoms with E-state index in [1.807, 2.05) is 36.4 Å². The number of pyridine rings is 1. The number of aromatic amines is 1. The standard InChI is InChI=1S/C13H12N4S/c14-12-6-5-9(7-15-12)8-18-13-16-10-3-1-2-4-11(10)17-13/h1-7H,8H2,(H2,14,15)(H,16,17). The first-order valence-corrected chi connectivity index (χ1v) is 6.58. The van der Waals surface area contributed by atoms with Gasteiger partial charge in [0.1, 0.15) is 5.82 Å². The van der Waals surface area contributed by atoms with Crippen molar-refractivity contribution in [1.82, 2.24) is 15.0 Å². The summed E-state index contributed by atoms with van der Waals surface area (Å²) in [5, 5.41) is 0.924. The van der Waals surface area contributed by atoms with Crippen LogP contribution in [0, 0.1) is 0 Å². The summed E-state index contributed by atoms with van der Waals surface area (Å²) in [5.74, 6) is 1.38. The Balaban J connectivity index is 1.74. The molecule has 0 aliphatic rings. The SMILES string of the molecule is Nc1ccc(CSc2nc3ccccc3[nH]2)cn1. The Morgan fingerprint density at radius 2 is 2.06 bits per heavy atom. The van der Waals surface area contributed by atoms with Gasteiger partial charge in [-0.05, 0) is 23.8 Å². The molecule has 0 saturated carbocycles.